The van der Waals surface area contributed by atoms with E-state index in [2.05, 4.69) is 0 Å². The Balaban J connectivity index is 0.000000327. The quantitative estimate of drug-likeness (QED) is 0.283. The Morgan fingerprint density at radius 2 is 2.00 bits per heavy atom. The van der Waals surface area contributed by atoms with Gasteiger partial charge >= 0.3 is 5.97 Å². The highest BCUT2D eigenvalue weighted by Gasteiger charge is 1.96. The lowest BCUT2D eigenvalue weighted by Gasteiger charge is -1.92. The van der Waals surface area contributed by atoms with Crippen molar-refractivity contribution < 1.29 is 20.1 Å². The second-order valence-electron chi connectivity index (χ2n) is 3.62. The summed E-state index contributed by atoms with van der Waals surface area (Å²) >= 11 is 0. The normalized spacial score (nSPS) is 10.4. The molecule has 0 aromatic heterocycles. The fraction of sp³-hybridized carbons (Fsp3) is 0.308. The van der Waals surface area contributed by atoms with Crippen LogP contribution in [0.4, 0.5) is 5.69 Å². The molecule has 0 aliphatic heterocycles. The van der Waals surface area contributed by atoms with E-state index in [1.54, 1.807) is 37.3 Å². The molecule has 0 saturated carbocycles. The van der Waals surface area contributed by atoms with Crippen LogP contribution in [0.5, 0.6) is 5.75 Å². The van der Waals surface area contributed by atoms with Gasteiger partial charge in [-0.2, -0.15) is 0 Å². The zero-order valence-electron chi connectivity index (χ0n) is 10.3. The molecule has 0 radical (unpaired) electrons. The van der Waals surface area contributed by atoms with Crippen LogP contribution in [0.3, 0.4) is 0 Å². The van der Waals surface area contributed by atoms with Crippen LogP contribution in [0.1, 0.15) is 19.8 Å². The molecule has 5 nitrogen and oxygen atoms in total. The maximum Gasteiger partial charge on any atom is 0.330 e. The summed E-state index contributed by atoms with van der Waals surface area (Å²) in [6.07, 6.45) is 2.87. The summed E-state index contributed by atoms with van der Waals surface area (Å²) in [5.74, 6) is -0.745. The lowest BCUT2D eigenvalue weighted by molar-refractivity contribution is -0.132. The number of phenolic OH excluding ortho intramolecular Hbond substituents is 1. The maximum absolute atomic E-state index is 10.2. The van der Waals surface area contributed by atoms with Crippen molar-refractivity contribution in [1.82, 2.24) is 0 Å². The van der Waals surface area contributed by atoms with Crippen molar-refractivity contribution in [2.75, 3.05) is 12.3 Å². The largest absolute Gasteiger partial charge is 0.506 e. The first kappa shape index (κ1) is 16.0. The van der Waals surface area contributed by atoms with Gasteiger partial charge in [-0.3, -0.25) is 0 Å². The van der Waals surface area contributed by atoms with Crippen molar-refractivity contribution in [2.24, 2.45) is 0 Å². The molecule has 5 heteroatoms. The van der Waals surface area contributed by atoms with Gasteiger partial charge in [0.15, 0.2) is 0 Å². The summed E-state index contributed by atoms with van der Waals surface area (Å²) in [6, 6.07) is 6.70. The molecule has 0 bridgehead atoms. The van der Waals surface area contributed by atoms with Crippen molar-refractivity contribution in [3.8, 4) is 5.75 Å². The highest BCUT2D eigenvalue weighted by atomic mass is 16.4. The van der Waals surface area contributed by atoms with Crippen LogP contribution in [0.25, 0.3) is 0 Å². The average molecular weight is 253 g/mol. The molecule has 0 saturated heterocycles. The van der Waals surface area contributed by atoms with E-state index in [1.807, 2.05) is 0 Å². The molecule has 18 heavy (non-hydrogen) atoms. The highest BCUT2D eigenvalue weighted by Crippen LogP contribution is 2.16. The second-order valence-corrected chi connectivity index (χ2v) is 3.62. The van der Waals surface area contributed by atoms with Gasteiger partial charge in [0.25, 0.3) is 0 Å². The van der Waals surface area contributed by atoms with E-state index in [0.717, 1.165) is 0 Å². The van der Waals surface area contributed by atoms with E-state index >= 15 is 0 Å². The monoisotopic (exact) mass is 253 g/mol. The van der Waals surface area contributed by atoms with Gasteiger partial charge in [-0.05, 0) is 31.9 Å². The van der Waals surface area contributed by atoms with Crippen LogP contribution in [0.15, 0.2) is 35.9 Å². The number of allylic oxidation sites excluding steroid dienone is 1. The minimum Gasteiger partial charge on any atom is -0.506 e. The van der Waals surface area contributed by atoms with Gasteiger partial charge < -0.3 is 21.1 Å². The Labute approximate surface area is 106 Å². The fourth-order valence-corrected chi connectivity index (χ4v) is 0.985. The van der Waals surface area contributed by atoms with Gasteiger partial charge in [0.1, 0.15) is 5.75 Å². The summed E-state index contributed by atoms with van der Waals surface area (Å²) in [7, 11) is 0. The first-order valence-corrected chi connectivity index (χ1v) is 5.53. The smallest absolute Gasteiger partial charge is 0.330 e. The van der Waals surface area contributed by atoms with E-state index in [4.69, 9.17) is 21.1 Å². The van der Waals surface area contributed by atoms with E-state index in [0.29, 0.717) is 24.1 Å². The Morgan fingerprint density at radius 1 is 1.39 bits per heavy atom. The van der Waals surface area contributed by atoms with Crippen molar-refractivity contribution in [3.05, 3.63) is 35.9 Å². The van der Waals surface area contributed by atoms with Crippen molar-refractivity contribution >= 4 is 11.7 Å². The molecule has 5 N–H and O–H groups in total. The number of unbranched alkanes of at least 4 members (excludes halogenated alkanes) is 1. The number of hydrogen-bond acceptors (Lipinski definition) is 4. The Hall–Kier alpha value is -2.01. The third-order valence-corrected chi connectivity index (χ3v) is 2.09. The number of nitrogen functional groups attached to an aromatic ring is 1. The first-order valence-electron chi connectivity index (χ1n) is 5.53. The molecular formula is C13H19NO4. The predicted molar refractivity (Wildman–Crippen MR) is 70.2 cm³/mol. The van der Waals surface area contributed by atoms with Crippen LogP contribution >= 0.6 is 0 Å². The van der Waals surface area contributed by atoms with Crippen molar-refractivity contribution in [2.45, 2.75) is 19.8 Å². The van der Waals surface area contributed by atoms with Crippen LogP contribution in [-0.4, -0.2) is 27.9 Å². The van der Waals surface area contributed by atoms with Gasteiger partial charge in [-0.1, -0.05) is 18.2 Å². The Kier molecular flexibility index (Phi) is 8.05. The summed E-state index contributed by atoms with van der Waals surface area (Å²) in [6.45, 7) is 1.66. The summed E-state index contributed by atoms with van der Waals surface area (Å²) in [5, 5.41) is 25.5. The van der Waals surface area contributed by atoms with Gasteiger partial charge in [0, 0.05) is 12.2 Å². The molecule has 0 spiro atoms. The standard InChI is InChI=1S/C7H12O3.C6H7NO/c1-6(7(9)10)4-2-3-5-8;7-5-3-1-2-4-6(5)8/h4,8H,2-3,5H2,1H3,(H,9,10);1-4,8H,7H2. The maximum atomic E-state index is 10.2. The zero-order chi connectivity index (χ0) is 14.0. The van der Waals surface area contributed by atoms with Gasteiger partial charge in [0.2, 0.25) is 0 Å². The molecule has 100 valence electrons. The number of aliphatic carboxylic acids is 1. The molecule has 1 rings (SSSR count). The van der Waals surface area contributed by atoms with Crippen LogP contribution in [0, 0.1) is 0 Å². The third-order valence-electron chi connectivity index (χ3n) is 2.09. The number of rotatable bonds is 4. The number of carboxylic acids is 1. The molecular weight excluding hydrogens is 234 g/mol. The number of para-hydroxylation sites is 2. The molecule has 0 atom stereocenters. The third kappa shape index (κ3) is 7.29. The van der Waals surface area contributed by atoms with Crippen LogP contribution < -0.4 is 5.73 Å². The Bertz CT molecular complexity index is 381. The molecule has 0 fully saturated rings. The molecule has 0 amide bonds. The average Bonchev–Trinajstić information content (AvgIpc) is 2.34. The summed E-state index contributed by atoms with van der Waals surface area (Å²) in [4.78, 5) is 10.2. The molecule has 1 aromatic rings. The number of phenols is 1. The lowest BCUT2D eigenvalue weighted by Crippen LogP contribution is -1.95. The van der Waals surface area contributed by atoms with Crippen molar-refractivity contribution in [1.29, 1.82) is 0 Å². The number of anilines is 1. The zero-order valence-corrected chi connectivity index (χ0v) is 10.3. The van der Waals surface area contributed by atoms with Gasteiger partial charge in [-0.15, -0.1) is 0 Å². The topological polar surface area (TPSA) is 104 Å². The van der Waals surface area contributed by atoms with Crippen molar-refractivity contribution in [3.63, 3.8) is 0 Å². The molecule has 1 aromatic carbocycles. The summed E-state index contributed by atoms with van der Waals surface area (Å²) in [5.41, 5.74) is 6.03. The van der Waals surface area contributed by atoms with Crippen LogP contribution in [-0.2, 0) is 4.79 Å². The number of hydrogen-bond donors (Lipinski definition) is 4. The highest BCUT2D eigenvalue weighted by molar-refractivity contribution is 5.85. The molecule has 0 unspecified atom stereocenters. The number of aliphatic hydroxyl groups excluding tert-OH is 1. The van der Waals surface area contributed by atoms with Gasteiger partial charge in [0.05, 0.1) is 5.69 Å². The Morgan fingerprint density at radius 3 is 2.39 bits per heavy atom. The lowest BCUT2D eigenvalue weighted by atomic mass is 10.2. The predicted octanol–water partition coefficient (Wildman–Crippen LogP) is 1.76. The fourth-order valence-electron chi connectivity index (χ4n) is 0.985. The van der Waals surface area contributed by atoms with E-state index in [-0.39, 0.29) is 12.4 Å². The number of benzene rings is 1. The SMILES string of the molecule is CC(=CCCCO)C(=O)O.Nc1ccccc1O. The van der Waals surface area contributed by atoms with Crippen LogP contribution in [0.2, 0.25) is 0 Å². The summed E-state index contributed by atoms with van der Waals surface area (Å²) < 4.78 is 0. The molecule has 0 aliphatic rings. The van der Waals surface area contributed by atoms with E-state index in [9.17, 15) is 4.79 Å². The number of aromatic hydroxyl groups is 1. The number of nitrogens with two attached hydrogens (primary N) is 1. The molecule has 0 heterocycles. The second kappa shape index (κ2) is 9.07. The number of carbonyl (C=O) groups is 1. The minimum absolute atomic E-state index is 0.114. The molecule has 0 aliphatic carbocycles. The number of carboxylic acid groups (broad SMARTS) is 1. The van der Waals surface area contributed by atoms with E-state index in [1.165, 1.54) is 0 Å². The number of aliphatic hydroxyl groups is 1. The minimum atomic E-state index is -0.891. The first-order chi connectivity index (χ1) is 8.49. The van der Waals surface area contributed by atoms with Gasteiger partial charge in [-0.25, -0.2) is 4.79 Å². The van der Waals surface area contributed by atoms with E-state index < -0.39 is 5.97 Å².